The van der Waals surface area contributed by atoms with Crippen LogP contribution < -0.4 is 10.6 Å². The van der Waals surface area contributed by atoms with Gasteiger partial charge in [-0.25, -0.2) is 4.98 Å². The maximum Gasteiger partial charge on any atom is 0.417 e. The molecule has 2 aromatic heterocycles. The fourth-order valence-electron chi connectivity index (χ4n) is 3.18. The summed E-state index contributed by atoms with van der Waals surface area (Å²) in [6.07, 6.45) is -1.36. The van der Waals surface area contributed by atoms with E-state index >= 15 is 0 Å². The van der Waals surface area contributed by atoms with E-state index in [2.05, 4.69) is 25.5 Å². The lowest BCUT2D eigenvalue weighted by atomic mass is 10.3. The summed E-state index contributed by atoms with van der Waals surface area (Å²) in [5.41, 5.74) is -0.769. The SMILES string of the molecule is CN=C(NCCCNc1ccc(C(F)(F)F)cn1)N1CCN(C(=O)c2ccco2)CC1.I. The fraction of sp³-hybridized carbons (Fsp3) is 0.450. The first-order chi connectivity index (χ1) is 14.9. The summed E-state index contributed by atoms with van der Waals surface area (Å²) in [4.78, 5) is 24.2. The predicted molar refractivity (Wildman–Crippen MR) is 125 cm³/mol. The van der Waals surface area contributed by atoms with Gasteiger partial charge in [-0.3, -0.25) is 9.79 Å². The number of hydrogen-bond acceptors (Lipinski definition) is 5. The quantitative estimate of drug-likeness (QED) is 0.242. The second-order valence-electron chi connectivity index (χ2n) is 6.94. The first kappa shape index (κ1) is 25.7. The Balaban J connectivity index is 0.00000363. The molecule has 176 valence electrons. The van der Waals surface area contributed by atoms with Gasteiger partial charge in [0.1, 0.15) is 5.82 Å². The zero-order chi connectivity index (χ0) is 22.3. The topological polar surface area (TPSA) is 86.0 Å². The molecule has 2 N–H and O–H groups in total. The molecule has 1 saturated heterocycles. The minimum atomic E-state index is -4.39. The van der Waals surface area contributed by atoms with Crippen molar-refractivity contribution in [2.75, 3.05) is 51.6 Å². The third-order valence-corrected chi connectivity index (χ3v) is 4.84. The summed E-state index contributed by atoms with van der Waals surface area (Å²) in [5, 5.41) is 6.27. The van der Waals surface area contributed by atoms with E-state index < -0.39 is 11.7 Å². The third-order valence-electron chi connectivity index (χ3n) is 4.84. The number of carbonyl (C=O) groups is 1. The highest BCUT2D eigenvalue weighted by Gasteiger charge is 2.30. The average molecular weight is 566 g/mol. The Bertz CT molecular complexity index is 866. The number of hydrogen-bond donors (Lipinski definition) is 2. The summed E-state index contributed by atoms with van der Waals surface area (Å²) in [6, 6.07) is 5.67. The van der Waals surface area contributed by atoms with E-state index in [1.807, 2.05) is 0 Å². The molecule has 8 nitrogen and oxygen atoms in total. The van der Waals surface area contributed by atoms with Crippen molar-refractivity contribution in [2.24, 2.45) is 4.99 Å². The van der Waals surface area contributed by atoms with E-state index in [1.54, 1.807) is 24.1 Å². The molecule has 32 heavy (non-hydrogen) atoms. The number of furan rings is 1. The van der Waals surface area contributed by atoms with Crippen LogP contribution in [-0.4, -0.2) is 73.0 Å². The molecule has 1 aliphatic heterocycles. The van der Waals surface area contributed by atoms with Gasteiger partial charge in [0.05, 0.1) is 11.8 Å². The first-order valence-corrected chi connectivity index (χ1v) is 9.94. The van der Waals surface area contributed by atoms with Gasteiger partial charge in [0.15, 0.2) is 11.7 Å². The maximum atomic E-state index is 12.6. The third kappa shape index (κ3) is 7.00. The van der Waals surface area contributed by atoms with Crippen LogP contribution in [0, 0.1) is 0 Å². The van der Waals surface area contributed by atoms with Crippen LogP contribution in [0.1, 0.15) is 22.5 Å². The molecular formula is C20H26F3IN6O2. The predicted octanol–water partition coefficient (Wildman–Crippen LogP) is 3.15. The molecule has 0 bridgehead atoms. The number of nitrogens with one attached hydrogen (secondary N) is 2. The first-order valence-electron chi connectivity index (χ1n) is 9.94. The number of alkyl halides is 3. The zero-order valence-corrected chi connectivity index (χ0v) is 19.9. The molecule has 0 radical (unpaired) electrons. The fourth-order valence-corrected chi connectivity index (χ4v) is 3.18. The Morgan fingerprint density at radius 3 is 2.44 bits per heavy atom. The monoisotopic (exact) mass is 566 g/mol. The van der Waals surface area contributed by atoms with E-state index in [4.69, 9.17) is 4.42 Å². The van der Waals surface area contributed by atoms with Crippen molar-refractivity contribution in [1.82, 2.24) is 20.1 Å². The van der Waals surface area contributed by atoms with Crippen LogP contribution in [-0.2, 0) is 6.18 Å². The Morgan fingerprint density at radius 2 is 1.88 bits per heavy atom. The maximum absolute atomic E-state index is 12.6. The molecule has 0 aromatic carbocycles. The van der Waals surface area contributed by atoms with Gasteiger partial charge in [-0.15, -0.1) is 24.0 Å². The van der Waals surface area contributed by atoms with Crippen LogP contribution in [0.2, 0.25) is 0 Å². The number of anilines is 1. The van der Waals surface area contributed by atoms with E-state index in [0.717, 1.165) is 24.6 Å². The lowest BCUT2D eigenvalue weighted by Gasteiger charge is -2.36. The Morgan fingerprint density at radius 1 is 1.16 bits per heavy atom. The normalized spacial score (nSPS) is 14.7. The highest BCUT2D eigenvalue weighted by atomic mass is 127. The molecule has 1 fully saturated rings. The van der Waals surface area contributed by atoms with Gasteiger partial charge in [0, 0.05) is 52.5 Å². The minimum absolute atomic E-state index is 0. The van der Waals surface area contributed by atoms with Crippen molar-refractivity contribution >= 4 is 41.7 Å². The molecule has 0 atom stereocenters. The number of guanidine groups is 1. The second-order valence-corrected chi connectivity index (χ2v) is 6.94. The minimum Gasteiger partial charge on any atom is -0.459 e. The molecule has 0 aliphatic carbocycles. The summed E-state index contributed by atoms with van der Waals surface area (Å²) in [5.74, 6) is 1.37. The van der Waals surface area contributed by atoms with Gasteiger partial charge in [-0.05, 0) is 30.7 Å². The number of aromatic nitrogens is 1. The summed E-state index contributed by atoms with van der Waals surface area (Å²) in [7, 11) is 1.70. The van der Waals surface area contributed by atoms with Crippen molar-refractivity contribution in [3.8, 4) is 0 Å². The number of pyridine rings is 1. The molecule has 0 unspecified atom stereocenters. The summed E-state index contributed by atoms with van der Waals surface area (Å²) in [6.45, 7) is 3.63. The van der Waals surface area contributed by atoms with Crippen LogP contribution >= 0.6 is 24.0 Å². The van der Waals surface area contributed by atoms with Crippen molar-refractivity contribution in [3.63, 3.8) is 0 Å². The molecule has 0 saturated carbocycles. The number of amides is 1. The highest BCUT2D eigenvalue weighted by Crippen LogP contribution is 2.28. The summed E-state index contributed by atoms with van der Waals surface area (Å²) >= 11 is 0. The molecule has 3 heterocycles. The van der Waals surface area contributed by atoms with Crippen molar-refractivity contribution in [1.29, 1.82) is 0 Å². The van der Waals surface area contributed by atoms with Crippen LogP contribution in [0.3, 0.4) is 0 Å². The molecule has 12 heteroatoms. The van der Waals surface area contributed by atoms with E-state index in [0.29, 0.717) is 50.8 Å². The second kappa shape index (κ2) is 11.9. The Kier molecular flexibility index (Phi) is 9.60. The zero-order valence-electron chi connectivity index (χ0n) is 17.6. The number of nitrogens with zero attached hydrogens (tertiary/aromatic N) is 4. The van der Waals surface area contributed by atoms with Gasteiger partial charge in [0.2, 0.25) is 0 Å². The van der Waals surface area contributed by atoms with Gasteiger partial charge in [0.25, 0.3) is 5.91 Å². The number of carbonyl (C=O) groups excluding carboxylic acids is 1. The smallest absolute Gasteiger partial charge is 0.417 e. The molecule has 1 aliphatic rings. The van der Waals surface area contributed by atoms with Crippen LogP contribution in [0.5, 0.6) is 0 Å². The molecular weight excluding hydrogens is 540 g/mol. The number of halogens is 4. The van der Waals surface area contributed by atoms with Crippen LogP contribution in [0.25, 0.3) is 0 Å². The van der Waals surface area contributed by atoms with E-state index in [1.165, 1.54) is 12.3 Å². The van der Waals surface area contributed by atoms with Crippen molar-refractivity contribution < 1.29 is 22.4 Å². The Hall–Kier alpha value is -2.51. The number of rotatable bonds is 6. The van der Waals surface area contributed by atoms with Gasteiger partial charge in [-0.2, -0.15) is 13.2 Å². The largest absolute Gasteiger partial charge is 0.459 e. The lowest BCUT2D eigenvalue weighted by Crippen LogP contribution is -2.53. The lowest BCUT2D eigenvalue weighted by molar-refractivity contribution is -0.137. The van der Waals surface area contributed by atoms with Gasteiger partial charge in [-0.1, -0.05) is 0 Å². The van der Waals surface area contributed by atoms with E-state index in [-0.39, 0.29) is 29.9 Å². The van der Waals surface area contributed by atoms with Crippen LogP contribution in [0.4, 0.5) is 19.0 Å². The van der Waals surface area contributed by atoms with Crippen LogP contribution in [0.15, 0.2) is 46.1 Å². The molecule has 3 rings (SSSR count). The standard InChI is InChI=1S/C20H25F3N6O2.HI/c1-24-19(29-11-9-28(10-12-29)18(30)16-4-2-13-31-16)26-8-3-7-25-17-6-5-15(14-27-17)20(21,22)23;/h2,4-6,13-14H,3,7-12H2,1H3,(H,24,26)(H,25,27);1H. The highest BCUT2D eigenvalue weighted by molar-refractivity contribution is 14.0. The van der Waals surface area contributed by atoms with E-state index in [9.17, 15) is 18.0 Å². The van der Waals surface area contributed by atoms with Gasteiger partial charge < -0.3 is 24.9 Å². The molecule has 1 amide bonds. The number of piperazine rings is 1. The Labute approximate surface area is 201 Å². The molecule has 2 aromatic rings. The summed E-state index contributed by atoms with van der Waals surface area (Å²) < 4.78 is 42.8. The van der Waals surface area contributed by atoms with Crippen molar-refractivity contribution in [2.45, 2.75) is 12.6 Å². The van der Waals surface area contributed by atoms with Gasteiger partial charge >= 0.3 is 6.18 Å². The molecule has 0 spiro atoms. The van der Waals surface area contributed by atoms with Crippen molar-refractivity contribution in [3.05, 3.63) is 48.0 Å². The average Bonchev–Trinajstić information content (AvgIpc) is 3.31. The number of aliphatic imine (C=N–C) groups is 1.